The molecule has 0 saturated carbocycles. The number of nitrogens with one attached hydrogen (secondary N) is 1. The van der Waals surface area contributed by atoms with E-state index < -0.39 is 0 Å². The predicted octanol–water partition coefficient (Wildman–Crippen LogP) is 3.78. The van der Waals surface area contributed by atoms with E-state index >= 15 is 0 Å². The predicted molar refractivity (Wildman–Crippen MR) is 91.3 cm³/mol. The van der Waals surface area contributed by atoms with Gasteiger partial charge in [0, 0.05) is 10.0 Å². The number of para-hydroxylation sites is 1. The van der Waals surface area contributed by atoms with Gasteiger partial charge in [0.15, 0.2) is 0 Å². The molecule has 0 heterocycles. The first-order valence-corrected chi connectivity index (χ1v) is 7.42. The molecule has 2 aromatic rings. The van der Waals surface area contributed by atoms with Crippen molar-refractivity contribution in [1.29, 1.82) is 0 Å². The molecule has 0 radical (unpaired) electrons. The van der Waals surface area contributed by atoms with Crippen LogP contribution in [0.3, 0.4) is 0 Å². The van der Waals surface area contributed by atoms with E-state index in [9.17, 15) is 4.79 Å². The molecule has 2 aromatic carbocycles. The zero-order valence-electron chi connectivity index (χ0n) is 11.8. The van der Waals surface area contributed by atoms with Gasteiger partial charge in [0.2, 0.25) is 0 Å². The number of ether oxygens (including phenoxy) is 1. The minimum Gasteiger partial charge on any atom is -0.489 e. The normalized spacial score (nSPS) is 10.4. The second-order valence-electron chi connectivity index (χ2n) is 4.32. The summed E-state index contributed by atoms with van der Waals surface area (Å²) in [5, 5.41) is 3.98. The molecular weight excluding hydrogens is 344 g/mol. The Morgan fingerprint density at radius 2 is 1.95 bits per heavy atom. The van der Waals surface area contributed by atoms with Crippen molar-refractivity contribution in [2.75, 3.05) is 6.61 Å². The molecule has 0 atom stereocenters. The molecule has 0 aliphatic carbocycles. The fraction of sp³-hybridized carbons (Fsp3) is 0.0588. The largest absolute Gasteiger partial charge is 0.489 e. The molecule has 0 aromatic heterocycles. The van der Waals surface area contributed by atoms with Gasteiger partial charge in [-0.3, -0.25) is 4.79 Å². The lowest BCUT2D eigenvalue weighted by atomic mass is 10.2. The zero-order chi connectivity index (χ0) is 15.8. The lowest BCUT2D eigenvalue weighted by molar-refractivity contribution is 0.0954. The molecule has 1 amide bonds. The Hall–Kier alpha value is -2.40. The molecule has 0 unspecified atom stereocenters. The highest BCUT2D eigenvalue weighted by Crippen LogP contribution is 2.16. The Balaban J connectivity index is 2.05. The fourth-order valence-corrected chi connectivity index (χ4v) is 2.20. The summed E-state index contributed by atoms with van der Waals surface area (Å²) in [5.41, 5.74) is 3.80. The van der Waals surface area contributed by atoms with Gasteiger partial charge in [-0.15, -0.1) is 0 Å². The Morgan fingerprint density at radius 3 is 2.73 bits per heavy atom. The van der Waals surface area contributed by atoms with Crippen molar-refractivity contribution in [3.63, 3.8) is 0 Å². The van der Waals surface area contributed by atoms with Crippen LogP contribution in [0.25, 0.3) is 0 Å². The van der Waals surface area contributed by atoms with Crippen LogP contribution in [-0.4, -0.2) is 18.7 Å². The number of rotatable bonds is 6. The van der Waals surface area contributed by atoms with Gasteiger partial charge in [-0.05, 0) is 40.2 Å². The maximum atomic E-state index is 12.0. The van der Waals surface area contributed by atoms with Gasteiger partial charge in [0.25, 0.3) is 5.91 Å². The number of carbonyl (C=O) groups is 1. The summed E-state index contributed by atoms with van der Waals surface area (Å²) in [7, 11) is 0. The highest BCUT2D eigenvalue weighted by Gasteiger charge is 2.07. The van der Waals surface area contributed by atoms with E-state index in [1.165, 1.54) is 0 Å². The van der Waals surface area contributed by atoms with Gasteiger partial charge < -0.3 is 4.74 Å². The van der Waals surface area contributed by atoms with Gasteiger partial charge in [-0.1, -0.05) is 36.9 Å². The number of benzene rings is 2. The molecule has 0 bridgehead atoms. The quantitative estimate of drug-likeness (QED) is 0.485. The lowest BCUT2D eigenvalue weighted by Crippen LogP contribution is -2.18. The summed E-state index contributed by atoms with van der Waals surface area (Å²) < 4.78 is 6.24. The van der Waals surface area contributed by atoms with Crippen LogP contribution in [0.2, 0.25) is 0 Å². The van der Waals surface area contributed by atoms with E-state index in [4.69, 9.17) is 4.74 Å². The monoisotopic (exact) mass is 358 g/mol. The first kappa shape index (κ1) is 16.0. The van der Waals surface area contributed by atoms with Gasteiger partial charge in [-0.2, -0.15) is 5.10 Å². The van der Waals surface area contributed by atoms with Crippen LogP contribution in [0.15, 0.2) is 70.8 Å². The third kappa shape index (κ3) is 4.30. The van der Waals surface area contributed by atoms with E-state index in [0.29, 0.717) is 17.9 Å². The van der Waals surface area contributed by atoms with Crippen molar-refractivity contribution in [1.82, 2.24) is 5.43 Å². The van der Waals surface area contributed by atoms with Gasteiger partial charge in [0.05, 0.1) is 11.8 Å². The molecule has 4 nitrogen and oxygen atoms in total. The number of hydrogen-bond acceptors (Lipinski definition) is 3. The van der Waals surface area contributed by atoms with Crippen molar-refractivity contribution >= 4 is 28.1 Å². The van der Waals surface area contributed by atoms with Crippen molar-refractivity contribution in [2.24, 2.45) is 5.10 Å². The Kier molecular flexibility index (Phi) is 5.91. The number of carbonyl (C=O) groups excluding carboxylic acids is 1. The Bertz CT molecular complexity index is 699. The number of hydrogen-bond donors (Lipinski definition) is 1. The summed E-state index contributed by atoms with van der Waals surface area (Å²) in [4.78, 5) is 12.0. The number of nitrogens with zero attached hydrogens (tertiary/aromatic N) is 1. The number of halogens is 1. The van der Waals surface area contributed by atoms with Crippen LogP contribution in [0.5, 0.6) is 5.75 Å². The van der Waals surface area contributed by atoms with E-state index in [1.54, 1.807) is 30.5 Å². The van der Waals surface area contributed by atoms with Crippen LogP contribution >= 0.6 is 15.9 Å². The van der Waals surface area contributed by atoms with Gasteiger partial charge in [0.1, 0.15) is 12.4 Å². The maximum absolute atomic E-state index is 12.0. The molecule has 0 saturated heterocycles. The average molecular weight is 359 g/mol. The van der Waals surface area contributed by atoms with E-state index in [1.807, 2.05) is 30.3 Å². The first-order chi connectivity index (χ1) is 10.7. The molecule has 0 fully saturated rings. The standard InChI is InChI=1S/C17H15BrN2O2/c1-2-11-22-16-10-6-3-7-13(16)12-19-20-17(21)14-8-4-5-9-15(14)18/h2-10,12H,1,11H2,(H,20,21). The topological polar surface area (TPSA) is 50.7 Å². The minimum atomic E-state index is -0.284. The van der Waals surface area contributed by atoms with Crippen molar-refractivity contribution in [3.8, 4) is 5.75 Å². The van der Waals surface area contributed by atoms with E-state index in [0.717, 1.165) is 10.0 Å². The SMILES string of the molecule is C=CCOc1ccccc1C=NNC(=O)c1ccccc1Br. The number of hydrazone groups is 1. The zero-order valence-corrected chi connectivity index (χ0v) is 13.4. The summed E-state index contributed by atoms with van der Waals surface area (Å²) in [6, 6.07) is 14.6. The van der Waals surface area contributed by atoms with Crippen LogP contribution in [0, 0.1) is 0 Å². The summed E-state index contributed by atoms with van der Waals surface area (Å²) in [6.45, 7) is 4.02. The van der Waals surface area contributed by atoms with Crippen molar-refractivity contribution < 1.29 is 9.53 Å². The molecule has 1 N–H and O–H groups in total. The van der Waals surface area contributed by atoms with E-state index in [-0.39, 0.29) is 5.91 Å². The van der Waals surface area contributed by atoms with E-state index in [2.05, 4.69) is 33.0 Å². The summed E-state index contributed by atoms with van der Waals surface area (Å²) >= 11 is 3.33. The van der Waals surface area contributed by atoms with Crippen molar-refractivity contribution in [2.45, 2.75) is 0 Å². The molecule has 22 heavy (non-hydrogen) atoms. The lowest BCUT2D eigenvalue weighted by Gasteiger charge is -2.06. The third-order valence-corrected chi connectivity index (χ3v) is 3.46. The van der Waals surface area contributed by atoms with Crippen LogP contribution in [0.4, 0.5) is 0 Å². The highest BCUT2D eigenvalue weighted by molar-refractivity contribution is 9.10. The highest BCUT2D eigenvalue weighted by atomic mass is 79.9. The second kappa shape index (κ2) is 8.14. The first-order valence-electron chi connectivity index (χ1n) is 6.63. The molecule has 0 aliphatic rings. The van der Waals surface area contributed by atoms with Crippen LogP contribution < -0.4 is 10.2 Å². The van der Waals surface area contributed by atoms with Crippen LogP contribution in [-0.2, 0) is 0 Å². The molecule has 112 valence electrons. The van der Waals surface area contributed by atoms with Gasteiger partial charge in [-0.25, -0.2) is 5.43 Å². The third-order valence-electron chi connectivity index (χ3n) is 2.76. The smallest absolute Gasteiger partial charge is 0.272 e. The molecule has 0 aliphatic heterocycles. The van der Waals surface area contributed by atoms with Gasteiger partial charge >= 0.3 is 0 Å². The number of amides is 1. The molecule has 0 spiro atoms. The van der Waals surface area contributed by atoms with Crippen molar-refractivity contribution in [3.05, 3.63) is 76.8 Å². The Morgan fingerprint density at radius 1 is 1.23 bits per heavy atom. The second-order valence-corrected chi connectivity index (χ2v) is 5.17. The Labute approximate surface area is 137 Å². The molecule has 5 heteroatoms. The molecular formula is C17H15BrN2O2. The fourth-order valence-electron chi connectivity index (χ4n) is 1.73. The summed E-state index contributed by atoms with van der Waals surface area (Å²) in [5.74, 6) is 0.398. The maximum Gasteiger partial charge on any atom is 0.272 e. The van der Waals surface area contributed by atoms with Crippen LogP contribution in [0.1, 0.15) is 15.9 Å². The average Bonchev–Trinajstić information content (AvgIpc) is 2.54. The summed E-state index contributed by atoms with van der Waals surface area (Å²) in [6.07, 6.45) is 3.22. The molecule has 2 rings (SSSR count). The minimum absolute atomic E-state index is 0.284.